The van der Waals surface area contributed by atoms with Crippen LogP contribution in [0.2, 0.25) is 0 Å². The zero-order valence-corrected chi connectivity index (χ0v) is 16.4. The molecule has 148 valence electrons. The summed E-state index contributed by atoms with van der Waals surface area (Å²) in [5.41, 5.74) is 2.92. The molecule has 1 N–H and O–H groups in total. The zero-order chi connectivity index (χ0) is 19.8. The van der Waals surface area contributed by atoms with Crippen LogP contribution in [0.3, 0.4) is 0 Å². The molecule has 0 radical (unpaired) electrons. The Morgan fingerprint density at radius 2 is 1.82 bits per heavy atom. The quantitative estimate of drug-likeness (QED) is 0.745. The first-order valence-electron chi connectivity index (χ1n) is 9.95. The van der Waals surface area contributed by atoms with Crippen LogP contribution >= 0.6 is 0 Å². The van der Waals surface area contributed by atoms with Gasteiger partial charge in [0, 0.05) is 18.8 Å². The molecule has 0 aliphatic carbocycles. The van der Waals surface area contributed by atoms with Crippen LogP contribution in [0.5, 0.6) is 0 Å². The minimum atomic E-state index is -0.236. The molecule has 1 fully saturated rings. The van der Waals surface area contributed by atoms with Crippen molar-refractivity contribution in [1.29, 1.82) is 0 Å². The molecule has 5 heteroatoms. The maximum Gasteiger partial charge on any atom is 0.310 e. The van der Waals surface area contributed by atoms with Crippen molar-refractivity contribution in [3.8, 4) is 0 Å². The van der Waals surface area contributed by atoms with E-state index in [9.17, 15) is 9.59 Å². The number of esters is 1. The zero-order valence-electron chi connectivity index (χ0n) is 16.4. The predicted molar refractivity (Wildman–Crippen MR) is 110 cm³/mol. The van der Waals surface area contributed by atoms with Gasteiger partial charge in [-0.15, -0.1) is 0 Å². The van der Waals surface area contributed by atoms with Crippen LogP contribution in [0.15, 0.2) is 54.6 Å². The van der Waals surface area contributed by atoms with Crippen LogP contribution in [0.25, 0.3) is 0 Å². The van der Waals surface area contributed by atoms with E-state index in [2.05, 4.69) is 34.5 Å². The van der Waals surface area contributed by atoms with E-state index in [1.165, 1.54) is 5.56 Å². The summed E-state index contributed by atoms with van der Waals surface area (Å²) in [5, 5.41) is 3.02. The number of hydrogen-bond acceptors (Lipinski definition) is 4. The number of benzene rings is 2. The van der Waals surface area contributed by atoms with E-state index < -0.39 is 0 Å². The van der Waals surface area contributed by atoms with Gasteiger partial charge in [-0.2, -0.15) is 0 Å². The molecule has 5 nitrogen and oxygen atoms in total. The van der Waals surface area contributed by atoms with Gasteiger partial charge in [-0.05, 0) is 49.6 Å². The van der Waals surface area contributed by atoms with Crippen molar-refractivity contribution in [2.45, 2.75) is 32.7 Å². The molecular weight excluding hydrogens is 352 g/mol. The monoisotopic (exact) mass is 380 g/mol. The standard InChI is InChI=1S/C23H28N2O3/c1-2-28-22(26)15-18-10-12-21(13-11-18)24-23(27)20-9-6-14-25(17-20)16-19-7-4-3-5-8-19/h3-5,7-8,10-13,20H,2,6,9,14-17H2,1H3,(H,24,27)/t20-/m0/s1. The van der Waals surface area contributed by atoms with E-state index in [1.807, 2.05) is 30.3 Å². The van der Waals surface area contributed by atoms with E-state index >= 15 is 0 Å². The smallest absolute Gasteiger partial charge is 0.310 e. The summed E-state index contributed by atoms with van der Waals surface area (Å²) in [6, 6.07) is 17.8. The van der Waals surface area contributed by atoms with E-state index in [1.54, 1.807) is 6.92 Å². The average molecular weight is 380 g/mol. The lowest BCUT2D eigenvalue weighted by atomic mass is 9.96. The summed E-state index contributed by atoms with van der Waals surface area (Å²) in [7, 11) is 0. The Balaban J connectivity index is 1.51. The van der Waals surface area contributed by atoms with Gasteiger partial charge in [0.05, 0.1) is 18.9 Å². The molecule has 28 heavy (non-hydrogen) atoms. The molecule has 0 aromatic heterocycles. The second kappa shape index (κ2) is 10.0. The van der Waals surface area contributed by atoms with Gasteiger partial charge in [-0.1, -0.05) is 42.5 Å². The Morgan fingerprint density at radius 1 is 1.07 bits per heavy atom. The molecule has 2 aromatic rings. The molecule has 3 rings (SSSR count). The summed E-state index contributed by atoms with van der Waals surface area (Å²) in [4.78, 5) is 26.6. The van der Waals surface area contributed by atoms with Gasteiger partial charge < -0.3 is 10.1 Å². The van der Waals surface area contributed by atoms with Crippen molar-refractivity contribution in [1.82, 2.24) is 4.90 Å². The normalized spacial score (nSPS) is 17.1. The molecule has 1 heterocycles. The summed E-state index contributed by atoms with van der Waals surface area (Å²) in [5.74, 6) is -0.174. The Kier molecular flexibility index (Phi) is 7.20. The molecule has 0 bridgehead atoms. The topological polar surface area (TPSA) is 58.6 Å². The highest BCUT2D eigenvalue weighted by Crippen LogP contribution is 2.21. The van der Waals surface area contributed by atoms with Crippen molar-refractivity contribution in [2.24, 2.45) is 5.92 Å². The molecule has 1 aliphatic rings. The van der Waals surface area contributed by atoms with Gasteiger partial charge in [0.25, 0.3) is 0 Å². The van der Waals surface area contributed by atoms with E-state index in [-0.39, 0.29) is 24.2 Å². The van der Waals surface area contributed by atoms with Gasteiger partial charge in [0.1, 0.15) is 0 Å². The van der Waals surface area contributed by atoms with Crippen molar-refractivity contribution in [3.05, 3.63) is 65.7 Å². The molecule has 1 aliphatic heterocycles. The maximum atomic E-state index is 12.7. The third-order valence-electron chi connectivity index (χ3n) is 5.00. The molecule has 2 aromatic carbocycles. The molecule has 0 saturated carbocycles. The number of ether oxygens (including phenoxy) is 1. The number of rotatable bonds is 7. The molecule has 1 amide bonds. The first-order chi connectivity index (χ1) is 13.6. The van der Waals surface area contributed by atoms with Crippen LogP contribution in [0, 0.1) is 5.92 Å². The lowest BCUT2D eigenvalue weighted by molar-refractivity contribution is -0.142. The van der Waals surface area contributed by atoms with Gasteiger partial charge >= 0.3 is 5.97 Å². The van der Waals surface area contributed by atoms with Crippen LogP contribution in [0.4, 0.5) is 5.69 Å². The highest BCUT2D eigenvalue weighted by atomic mass is 16.5. The number of carbonyl (C=O) groups excluding carboxylic acids is 2. The molecular formula is C23H28N2O3. The predicted octanol–water partition coefficient (Wildman–Crippen LogP) is 3.64. The number of likely N-dealkylation sites (tertiary alicyclic amines) is 1. The third-order valence-corrected chi connectivity index (χ3v) is 5.00. The average Bonchev–Trinajstić information content (AvgIpc) is 2.70. The largest absolute Gasteiger partial charge is 0.466 e. The van der Waals surface area contributed by atoms with Crippen LogP contribution in [-0.4, -0.2) is 36.5 Å². The molecule has 1 saturated heterocycles. The van der Waals surface area contributed by atoms with Crippen molar-refractivity contribution in [3.63, 3.8) is 0 Å². The fourth-order valence-corrected chi connectivity index (χ4v) is 3.58. The number of nitrogens with zero attached hydrogens (tertiary/aromatic N) is 1. The number of anilines is 1. The van der Waals surface area contributed by atoms with E-state index in [4.69, 9.17) is 4.74 Å². The Labute approximate surface area is 166 Å². The lowest BCUT2D eigenvalue weighted by Gasteiger charge is -2.32. The van der Waals surface area contributed by atoms with Crippen molar-refractivity contribution >= 4 is 17.6 Å². The molecule has 0 unspecified atom stereocenters. The fraction of sp³-hybridized carbons (Fsp3) is 0.391. The minimum absolute atomic E-state index is 0.00308. The van der Waals surface area contributed by atoms with Crippen LogP contribution < -0.4 is 5.32 Å². The van der Waals surface area contributed by atoms with Gasteiger partial charge in [0.2, 0.25) is 5.91 Å². The first-order valence-corrected chi connectivity index (χ1v) is 9.95. The first kappa shape index (κ1) is 20.1. The number of carbonyl (C=O) groups is 2. The highest BCUT2D eigenvalue weighted by Gasteiger charge is 2.25. The summed E-state index contributed by atoms with van der Waals surface area (Å²) < 4.78 is 4.96. The number of amides is 1. The van der Waals surface area contributed by atoms with E-state index in [0.717, 1.165) is 43.7 Å². The number of nitrogens with one attached hydrogen (secondary N) is 1. The number of hydrogen-bond donors (Lipinski definition) is 1. The van der Waals surface area contributed by atoms with Crippen LogP contribution in [0.1, 0.15) is 30.9 Å². The number of piperidine rings is 1. The summed E-state index contributed by atoms with van der Waals surface area (Å²) in [6.45, 7) is 4.87. The Morgan fingerprint density at radius 3 is 2.54 bits per heavy atom. The second-order valence-corrected chi connectivity index (χ2v) is 7.23. The van der Waals surface area contributed by atoms with Gasteiger partial charge in [-0.25, -0.2) is 0 Å². The summed E-state index contributed by atoms with van der Waals surface area (Å²) in [6.07, 6.45) is 2.20. The minimum Gasteiger partial charge on any atom is -0.466 e. The second-order valence-electron chi connectivity index (χ2n) is 7.23. The maximum absolute atomic E-state index is 12.7. The Bertz CT molecular complexity index is 774. The Hall–Kier alpha value is -2.66. The SMILES string of the molecule is CCOC(=O)Cc1ccc(NC(=O)[C@H]2CCCN(Cc3ccccc3)C2)cc1. The molecule has 0 spiro atoms. The fourth-order valence-electron chi connectivity index (χ4n) is 3.58. The van der Waals surface area contributed by atoms with Crippen molar-refractivity contribution in [2.75, 3.05) is 25.0 Å². The van der Waals surface area contributed by atoms with Gasteiger partial charge in [0.15, 0.2) is 0 Å². The van der Waals surface area contributed by atoms with Crippen molar-refractivity contribution < 1.29 is 14.3 Å². The molecule has 1 atom stereocenters. The third kappa shape index (κ3) is 5.92. The summed E-state index contributed by atoms with van der Waals surface area (Å²) >= 11 is 0. The lowest BCUT2D eigenvalue weighted by Crippen LogP contribution is -2.40. The van der Waals surface area contributed by atoms with Gasteiger partial charge in [-0.3, -0.25) is 14.5 Å². The van der Waals surface area contributed by atoms with E-state index in [0.29, 0.717) is 6.61 Å². The highest BCUT2D eigenvalue weighted by molar-refractivity contribution is 5.92. The van der Waals surface area contributed by atoms with Crippen LogP contribution in [-0.2, 0) is 27.3 Å².